The number of aromatic nitrogens is 3. The highest BCUT2D eigenvalue weighted by atomic mass is 32.2. The molecule has 0 spiro atoms. The van der Waals surface area contributed by atoms with E-state index in [9.17, 15) is 4.79 Å². The maximum Gasteiger partial charge on any atom is 0.209 e. The number of Topliss-reactive ketones (excluding diaryl/α,β-unsaturated/α-hetero) is 1. The van der Waals surface area contributed by atoms with Crippen molar-refractivity contribution in [3.8, 4) is 11.4 Å². The van der Waals surface area contributed by atoms with Crippen molar-refractivity contribution in [1.29, 1.82) is 0 Å². The summed E-state index contributed by atoms with van der Waals surface area (Å²) in [6.45, 7) is 6.05. The molecule has 2 aromatic heterocycles. The molecule has 0 aliphatic heterocycles. The van der Waals surface area contributed by atoms with Crippen LogP contribution in [0.3, 0.4) is 0 Å². The highest BCUT2D eigenvalue weighted by Crippen LogP contribution is 2.24. The third kappa shape index (κ3) is 3.71. The van der Waals surface area contributed by atoms with Crippen LogP contribution in [0.5, 0.6) is 0 Å². The molecule has 0 atom stereocenters. The lowest BCUT2D eigenvalue weighted by Gasteiger charge is -1.97. The van der Waals surface area contributed by atoms with Crippen LogP contribution in [0.25, 0.3) is 11.4 Å². The first kappa shape index (κ1) is 16.0. The van der Waals surface area contributed by atoms with Crippen LogP contribution in [0.2, 0.25) is 0 Å². The Balaban J connectivity index is 1.66. The van der Waals surface area contributed by atoms with E-state index in [4.69, 9.17) is 0 Å². The van der Waals surface area contributed by atoms with Gasteiger partial charge in [0.25, 0.3) is 0 Å². The van der Waals surface area contributed by atoms with Gasteiger partial charge in [0.2, 0.25) is 5.16 Å². The van der Waals surface area contributed by atoms with E-state index in [1.54, 1.807) is 11.3 Å². The van der Waals surface area contributed by atoms with Gasteiger partial charge in [0, 0.05) is 20.9 Å². The lowest BCUT2D eigenvalue weighted by atomic mass is 10.1. The molecule has 0 unspecified atom stereocenters. The zero-order chi connectivity index (χ0) is 16.4. The zero-order valence-electron chi connectivity index (χ0n) is 13.2. The number of aryl methyl sites for hydroxylation is 3. The number of aromatic amines is 1. The quantitative estimate of drug-likeness (QED) is 0.550. The molecule has 2 heterocycles. The van der Waals surface area contributed by atoms with Crippen LogP contribution in [0, 0.1) is 20.8 Å². The second-order valence-corrected chi connectivity index (χ2v) is 7.77. The predicted molar refractivity (Wildman–Crippen MR) is 95.4 cm³/mol. The van der Waals surface area contributed by atoms with Crippen molar-refractivity contribution in [2.24, 2.45) is 0 Å². The number of thiophene rings is 1. The number of ketones is 1. The minimum absolute atomic E-state index is 0.124. The summed E-state index contributed by atoms with van der Waals surface area (Å²) in [7, 11) is 0. The van der Waals surface area contributed by atoms with Crippen molar-refractivity contribution < 1.29 is 4.79 Å². The first-order chi connectivity index (χ1) is 11.0. The van der Waals surface area contributed by atoms with E-state index < -0.39 is 0 Å². The molecule has 0 aliphatic carbocycles. The average molecular weight is 343 g/mol. The van der Waals surface area contributed by atoms with E-state index in [2.05, 4.69) is 15.2 Å². The molecule has 23 heavy (non-hydrogen) atoms. The van der Waals surface area contributed by atoms with Crippen LogP contribution < -0.4 is 0 Å². The summed E-state index contributed by atoms with van der Waals surface area (Å²) in [5, 5.41) is 7.71. The van der Waals surface area contributed by atoms with Gasteiger partial charge in [-0.05, 0) is 26.8 Å². The van der Waals surface area contributed by atoms with E-state index in [1.165, 1.54) is 17.3 Å². The molecule has 0 saturated carbocycles. The Hall–Kier alpha value is -1.92. The van der Waals surface area contributed by atoms with Crippen LogP contribution in [0.4, 0.5) is 0 Å². The monoisotopic (exact) mass is 343 g/mol. The van der Waals surface area contributed by atoms with Gasteiger partial charge in [-0.15, -0.1) is 16.4 Å². The zero-order valence-corrected chi connectivity index (χ0v) is 14.8. The van der Waals surface area contributed by atoms with Gasteiger partial charge in [-0.1, -0.05) is 41.6 Å². The maximum absolute atomic E-state index is 12.3. The number of carbonyl (C=O) groups is 1. The molecule has 0 bridgehead atoms. The third-order valence-corrected chi connectivity index (χ3v) is 5.28. The molecular weight excluding hydrogens is 326 g/mol. The van der Waals surface area contributed by atoms with Crippen molar-refractivity contribution in [3.63, 3.8) is 0 Å². The maximum atomic E-state index is 12.3. The summed E-state index contributed by atoms with van der Waals surface area (Å²) in [6.07, 6.45) is 0. The number of carbonyl (C=O) groups excluding carboxylic acids is 1. The standard InChI is InChI=1S/C17H17N3OS2/c1-10-4-6-13(7-5-10)16-18-17(20-19-16)22-9-15(21)14-8-11(2)23-12(14)3/h4-8H,9H2,1-3H3,(H,18,19,20). The first-order valence-electron chi connectivity index (χ1n) is 7.25. The third-order valence-electron chi connectivity index (χ3n) is 3.46. The van der Waals surface area contributed by atoms with Gasteiger partial charge in [-0.2, -0.15) is 0 Å². The van der Waals surface area contributed by atoms with Crippen LogP contribution in [0.15, 0.2) is 35.5 Å². The van der Waals surface area contributed by atoms with E-state index in [-0.39, 0.29) is 5.78 Å². The van der Waals surface area contributed by atoms with Crippen LogP contribution in [-0.4, -0.2) is 26.7 Å². The summed E-state index contributed by atoms with van der Waals surface area (Å²) >= 11 is 3.02. The number of hydrogen-bond acceptors (Lipinski definition) is 5. The van der Waals surface area contributed by atoms with Crippen molar-refractivity contribution >= 4 is 28.9 Å². The molecule has 0 saturated heterocycles. The Labute approximate surface area is 143 Å². The Kier molecular flexibility index (Phi) is 4.63. The van der Waals surface area contributed by atoms with Crippen molar-refractivity contribution in [2.75, 3.05) is 5.75 Å². The molecule has 1 N–H and O–H groups in total. The van der Waals surface area contributed by atoms with Gasteiger partial charge in [-0.25, -0.2) is 4.98 Å². The predicted octanol–water partition coefficient (Wildman–Crippen LogP) is 4.43. The summed E-state index contributed by atoms with van der Waals surface area (Å²) in [6, 6.07) is 10.0. The van der Waals surface area contributed by atoms with Crippen LogP contribution in [-0.2, 0) is 0 Å². The number of rotatable bonds is 5. The second-order valence-electron chi connectivity index (χ2n) is 5.37. The van der Waals surface area contributed by atoms with Gasteiger partial charge in [-0.3, -0.25) is 9.89 Å². The van der Waals surface area contributed by atoms with Gasteiger partial charge in [0.15, 0.2) is 11.6 Å². The van der Waals surface area contributed by atoms with E-state index in [0.29, 0.717) is 10.9 Å². The minimum Gasteiger partial charge on any atom is -0.293 e. The molecule has 3 rings (SSSR count). The van der Waals surface area contributed by atoms with Crippen LogP contribution in [0.1, 0.15) is 25.7 Å². The second kappa shape index (κ2) is 6.68. The smallest absolute Gasteiger partial charge is 0.209 e. The normalized spacial score (nSPS) is 10.9. The van der Waals surface area contributed by atoms with Gasteiger partial charge < -0.3 is 0 Å². The van der Waals surface area contributed by atoms with Crippen molar-refractivity contribution in [3.05, 3.63) is 51.2 Å². The molecule has 0 aliphatic rings. The average Bonchev–Trinajstić information content (AvgIpc) is 3.12. The van der Waals surface area contributed by atoms with Crippen molar-refractivity contribution in [2.45, 2.75) is 25.9 Å². The summed E-state index contributed by atoms with van der Waals surface area (Å²) in [5.41, 5.74) is 3.01. The fraction of sp³-hybridized carbons (Fsp3) is 0.235. The first-order valence-corrected chi connectivity index (χ1v) is 9.05. The number of nitrogens with zero attached hydrogens (tertiary/aromatic N) is 2. The summed E-state index contributed by atoms with van der Waals surface area (Å²) in [4.78, 5) is 19.0. The molecule has 118 valence electrons. The van der Waals surface area contributed by atoms with Gasteiger partial charge >= 0.3 is 0 Å². The molecular formula is C17H17N3OS2. The molecule has 3 aromatic rings. The molecule has 6 heteroatoms. The molecule has 0 fully saturated rings. The molecule has 0 amide bonds. The molecule has 0 radical (unpaired) electrons. The van der Waals surface area contributed by atoms with Crippen LogP contribution >= 0.6 is 23.1 Å². The summed E-state index contributed by atoms with van der Waals surface area (Å²) in [5.74, 6) is 1.20. The minimum atomic E-state index is 0.124. The van der Waals surface area contributed by atoms with Crippen molar-refractivity contribution in [1.82, 2.24) is 15.2 Å². The molecule has 1 aromatic carbocycles. The highest BCUT2D eigenvalue weighted by Gasteiger charge is 2.14. The number of hydrogen-bond donors (Lipinski definition) is 1. The lowest BCUT2D eigenvalue weighted by Crippen LogP contribution is -2.02. The Morgan fingerprint density at radius 2 is 1.96 bits per heavy atom. The molecule has 4 nitrogen and oxygen atoms in total. The SMILES string of the molecule is Cc1ccc(-c2nc(SCC(=O)c3cc(C)sc3C)n[nH]2)cc1. The topological polar surface area (TPSA) is 58.6 Å². The Bertz CT molecular complexity index is 834. The largest absolute Gasteiger partial charge is 0.293 e. The van der Waals surface area contributed by atoms with Gasteiger partial charge in [0.05, 0.1) is 5.75 Å². The fourth-order valence-corrected chi connectivity index (χ4v) is 3.89. The van der Waals surface area contributed by atoms with E-state index in [1.807, 2.05) is 51.1 Å². The number of benzene rings is 1. The van der Waals surface area contributed by atoms with E-state index in [0.717, 1.165) is 26.7 Å². The lowest BCUT2D eigenvalue weighted by molar-refractivity contribution is 0.102. The number of H-pyrrole nitrogens is 1. The van der Waals surface area contributed by atoms with E-state index >= 15 is 0 Å². The van der Waals surface area contributed by atoms with Gasteiger partial charge in [0.1, 0.15) is 0 Å². The Morgan fingerprint density at radius 1 is 1.22 bits per heavy atom. The Morgan fingerprint density at radius 3 is 2.61 bits per heavy atom. The number of nitrogens with one attached hydrogen (secondary N) is 1. The fourth-order valence-electron chi connectivity index (χ4n) is 2.27. The summed E-state index contributed by atoms with van der Waals surface area (Å²) < 4.78 is 0. The number of thioether (sulfide) groups is 1. The highest BCUT2D eigenvalue weighted by molar-refractivity contribution is 7.99.